The molecule has 0 spiro atoms. The standard InChI is InChI=1S/C17H25N3/c1-13-2-5-17(18-12-13)20-8-6-19(7-9-20)16-11-14-3-4-15(16)10-14/h2,5,12,14-16H,3-4,6-11H2,1H3/t14-,15+,16+/m1/s1. The average molecular weight is 271 g/mol. The molecule has 2 heterocycles. The van der Waals surface area contributed by atoms with Crippen LogP contribution in [-0.2, 0) is 0 Å². The summed E-state index contributed by atoms with van der Waals surface area (Å²) in [6, 6.07) is 5.24. The number of anilines is 1. The molecule has 3 heteroatoms. The van der Waals surface area contributed by atoms with E-state index < -0.39 is 0 Å². The second kappa shape index (κ2) is 5.03. The summed E-state index contributed by atoms with van der Waals surface area (Å²) in [4.78, 5) is 9.79. The number of hydrogen-bond acceptors (Lipinski definition) is 3. The van der Waals surface area contributed by atoms with Crippen LogP contribution in [0.4, 0.5) is 5.82 Å². The number of aryl methyl sites for hydroxylation is 1. The van der Waals surface area contributed by atoms with Crippen molar-refractivity contribution in [2.45, 2.75) is 38.6 Å². The fraction of sp³-hybridized carbons (Fsp3) is 0.706. The van der Waals surface area contributed by atoms with Crippen molar-refractivity contribution in [2.75, 3.05) is 31.1 Å². The molecule has 2 aliphatic carbocycles. The Morgan fingerprint density at radius 3 is 2.50 bits per heavy atom. The van der Waals surface area contributed by atoms with Crippen LogP contribution in [-0.4, -0.2) is 42.1 Å². The molecular formula is C17H25N3. The zero-order valence-electron chi connectivity index (χ0n) is 12.5. The zero-order chi connectivity index (χ0) is 13.5. The van der Waals surface area contributed by atoms with Crippen molar-refractivity contribution < 1.29 is 0 Å². The molecule has 3 fully saturated rings. The number of hydrogen-bond donors (Lipinski definition) is 0. The number of fused-ring (bicyclic) bond motifs is 2. The normalized spacial score (nSPS) is 33.9. The molecule has 1 saturated heterocycles. The van der Waals surface area contributed by atoms with E-state index in [-0.39, 0.29) is 0 Å². The minimum absolute atomic E-state index is 0.905. The summed E-state index contributed by atoms with van der Waals surface area (Å²) in [5.74, 6) is 3.23. The van der Waals surface area contributed by atoms with Crippen molar-refractivity contribution in [1.29, 1.82) is 0 Å². The third kappa shape index (κ3) is 2.22. The second-order valence-corrected chi connectivity index (χ2v) is 6.96. The summed E-state index contributed by atoms with van der Waals surface area (Å²) in [5.41, 5.74) is 1.24. The maximum Gasteiger partial charge on any atom is 0.128 e. The Hall–Kier alpha value is -1.09. The van der Waals surface area contributed by atoms with E-state index in [0.717, 1.165) is 36.8 Å². The van der Waals surface area contributed by atoms with Crippen LogP contribution in [0, 0.1) is 18.8 Å². The fourth-order valence-corrected chi connectivity index (χ4v) is 4.59. The fourth-order valence-electron chi connectivity index (χ4n) is 4.59. The van der Waals surface area contributed by atoms with Crippen LogP contribution in [0.2, 0.25) is 0 Å². The minimum Gasteiger partial charge on any atom is -0.354 e. The Morgan fingerprint density at radius 2 is 1.90 bits per heavy atom. The van der Waals surface area contributed by atoms with Crippen molar-refractivity contribution >= 4 is 5.82 Å². The Morgan fingerprint density at radius 1 is 1.05 bits per heavy atom. The van der Waals surface area contributed by atoms with Crippen LogP contribution in [0.3, 0.4) is 0 Å². The van der Waals surface area contributed by atoms with Crippen LogP contribution >= 0.6 is 0 Å². The van der Waals surface area contributed by atoms with Gasteiger partial charge in [-0.1, -0.05) is 12.5 Å². The van der Waals surface area contributed by atoms with E-state index >= 15 is 0 Å². The summed E-state index contributed by atoms with van der Waals surface area (Å²) in [5, 5.41) is 0. The van der Waals surface area contributed by atoms with Gasteiger partial charge in [-0.2, -0.15) is 0 Å². The van der Waals surface area contributed by atoms with E-state index in [1.165, 1.54) is 44.3 Å². The van der Waals surface area contributed by atoms with E-state index in [4.69, 9.17) is 0 Å². The van der Waals surface area contributed by atoms with Gasteiger partial charge in [0.1, 0.15) is 5.82 Å². The first-order chi connectivity index (χ1) is 9.79. The average Bonchev–Trinajstić information content (AvgIpc) is 3.11. The highest BCUT2D eigenvalue weighted by Gasteiger charge is 2.42. The van der Waals surface area contributed by atoms with Crippen LogP contribution < -0.4 is 4.90 Å². The van der Waals surface area contributed by atoms with E-state index in [9.17, 15) is 0 Å². The smallest absolute Gasteiger partial charge is 0.128 e. The highest BCUT2D eigenvalue weighted by molar-refractivity contribution is 5.39. The predicted molar refractivity (Wildman–Crippen MR) is 82.0 cm³/mol. The topological polar surface area (TPSA) is 19.4 Å². The molecule has 0 N–H and O–H groups in total. The van der Waals surface area contributed by atoms with Crippen molar-refractivity contribution in [3.63, 3.8) is 0 Å². The summed E-state index contributed by atoms with van der Waals surface area (Å²) in [7, 11) is 0. The quantitative estimate of drug-likeness (QED) is 0.824. The van der Waals surface area contributed by atoms with Crippen LogP contribution in [0.1, 0.15) is 31.2 Å². The molecule has 1 aromatic rings. The summed E-state index contributed by atoms with van der Waals surface area (Å²) in [6.45, 7) is 6.84. The molecule has 1 aliphatic heterocycles. The molecule has 0 radical (unpaired) electrons. The van der Waals surface area contributed by atoms with Gasteiger partial charge in [0, 0.05) is 38.4 Å². The Balaban J connectivity index is 1.37. The van der Waals surface area contributed by atoms with E-state index in [2.05, 4.69) is 33.8 Å². The van der Waals surface area contributed by atoms with Crippen molar-refractivity contribution in [2.24, 2.45) is 11.8 Å². The molecule has 3 atom stereocenters. The monoisotopic (exact) mass is 271 g/mol. The molecule has 2 saturated carbocycles. The van der Waals surface area contributed by atoms with Gasteiger partial charge in [0.05, 0.1) is 0 Å². The molecule has 0 aromatic carbocycles. The van der Waals surface area contributed by atoms with Crippen LogP contribution in [0.15, 0.2) is 18.3 Å². The molecule has 108 valence electrons. The van der Waals surface area contributed by atoms with Gasteiger partial charge in [-0.05, 0) is 49.7 Å². The molecule has 4 rings (SSSR count). The van der Waals surface area contributed by atoms with Gasteiger partial charge >= 0.3 is 0 Å². The summed E-state index contributed by atoms with van der Waals surface area (Å²) >= 11 is 0. The Bertz CT molecular complexity index is 462. The Labute approximate surface area is 122 Å². The molecule has 0 amide bonds. The van der Waals surface area contributed by atoms with Gasteiger partial charge in [0.15, 0.2) is 0 Å². The number of pyridine rings is 1. The number of nitrogens with zero attached hydrogens (tertiary/aromatic N) is 3. The lowest BCUT2D eigenvalue weighted by atomic mass is 9.93. The number of rotatable bonds is 2. The van der Waals surface area contributed by atoms with Gasteiger partial charge in [-0.15, -0.1) is 0 Å². The Kier molecular flexibility index (Phi) is 3.18. The van der Waals surface area contributed by atoms with Gasteiger partial charge in [0.25, 0.3) is 0 Å². The first-order valence-corrected chi connectivity index (χ1v) is 8.21. The molecular weight excluding hydrogens is 246 g/mol. The summed E-state index contributed by atoms with van der Waals surface area (Å²) < 4.78 is 0. The van der Waals surface area contributed by atoms with Crippen molar-refractivity contribution in [1.82, 2.24) is 9.88 Å². The van der Waals surface area contributed by atoms with Crippen molar-refractivity contribution in [3.05, 3.63) is 23.9 Å². The van der Waals surface area contributed by atoms with Gasteiger partial charge in [0.2, 0.25) is 0 Å². The van der Waals surface area contributed by atoms with Gasteiger partial charge in [-0.25, -0.2) is 4.98 Å². The number of aromatic nitrogens is 1. The van der Waals surface area contributed by atoms with E-state index in [0.29, 0.717) is 0 Å². The first kappa shape index (κ1) is 12.6. The van der Waals surface area contributed by atoms with Crippen molar-refractivity contribution in [3.8, 4) is 0 Å². The molecule has 1 aromatic heterocycles. The summed E-state index contributed by atoms with van der Waals surface area (Å²) in [6.07, 6.45) is 7.99. The first-order valence-electron chi connectivity index (χ1n) is 8.21. The predicted octanol–water partition coefficient (Wildman–Crippen LogP) is 2.70. The van der Waals surface area contributed by atoms with Gasteiger partial charge in [-0.3, -0.25) is 4.90 Å². The lowest BCUT2D eigenvalue weighted by Crippen LogP contribution is -2.52. The lowest BCUT2D eigenvalue weighted by Gasteiger charge is -2.41. The zero-order valence-corrected chi connectivity index (χ0v) is 12.5. The molecule has 3 nitrogen and oxygen atoms in total. The van der Waals surface area contributed by atoms with E-state index in [1.807, 2.05) is 6.20 Å². The van der Waals surface area contributed by atoms with E-state index in [1.54, 1.807) is 0 Å². The lowest BCUT2D eigenvalue weighted by molar-refractivity contribution is 0.134. The molecule has 0 unspecified atom stereocenters. The maximum atomic E-state index is 4.57. The SMILES string of the molecule is Cc1ccc(N2CCN([C@H]3C[C@@H]4CC[C@H]3C4)CC2)nc1. The van der Waals surface area contributed by atoms with Crippen LogP contribution in [0.25, 0.3) is 0 Å². The second-order valence-electron chi connectivity index (χ2n) is 6.96. The highest BCUT2D eigenvalue weighted by Crippen LogP contribution is 2.46. The largest absolute Gasteiger partial charge is 0.354 e. The molecule has 3 aliphatic rings. The number of piperazine rings is 1. The third-order valence-electron chi connectivity index (χ3n) is 5.70. The molecule has 20 heavy (non-hydrogen) atoms. The highest BCUT2D eigenvalue weighted by atomic mass is 15.3. The maximum absolute atomic E-state index is 4.57. The minimum atomic E-state index is 0.905. The van der Waals surface area contributed by atoms with Gasteiger partial charge < -0.3 is 4.90 Å². The third-order valence-corrected chi connectivity index (χ3v) is 5.70. The van der Waals surface area contributed by atoms with Crippen LogP contribution in [0.5, 0.6) is 0 Å². The molecule has 2 bridgehead atoms.